The molecule has 0 aliphatic carbocycles. The van der Waals surface area contributed by atoms with E-state index in [0.29, 0.717) is 18.0 Å². The summed E-state index contributed by atoms with van der Waals surface area (Å²) in [4.78, 5) is 0.125. The van der Waals surface area contributed by atoms with Gasteiger partial charge in [0, 0.05) is 26.7 Å². The lowest BCUT2D eigenvalue weighted by atomic mass is 10.3. The molecule has 7 nitrogen and oxygen atoms in total. The Kier molecular flexibility index (Phi) is 4.19. The van der Waals surface area contributed by atoms with E-state index < -0.39 is 10.0 Å². The number of hydrogen-bond donors (Lipinski definition) is 1. The van der Waals surface area contributed by atoms with Crippen LogP contribution in [0.5, 0.6) is 11.5 Å². The van der Waals surface area contributed by atoms with Crippen LogP contribution in [0.3, 0.4) is 0 Å². The van der Waals surface area contributed by atoms with Crippen LogP contribution in [0.4, 0.5) is 5.69 Å². The zero-order valence-electron chi connectivity index (χ0n) is 12.1. The van der Waals surface area contributed by atoms with Crippen LogP contribution in [0.2, 0.25) is 0 Å². The molecular weight excluding hydrogens is 292 g/mol. The molecule has 0 amide bonds. The number of sulfonamides is 1. The monoisotopic (exact) mass is 310 g/mol. The Hall–Kier alpha value is -2.06. The fourth-order valence-corrected chi connectivity index (χ4v) is 2.59. The van der Waals surface area contributed by atoms with Crippen LogP contribution in [0.25, 0.3) is 0 Å². The SMILES string of the molecule is CCn1cc(Oc2cc(S(=O)(=O)N(C)C)ccc2N)cn1. The minimum absolute atomic E-state index is 0.125. The highest BCUT2D eigenvalue weighted by Crippen LogP contribution is 2.30. The molecule has 0 atom stereocenters. The van der Waals surface area contributed by atoms with Crippen molar-refractivity contribution in [2.24, 2.45) is 0 Å². The van der Waals surface area contributed by atoms with E-state index in [9.17, 15) is 8.42 Å². The molecule has 21 heavy (non-hydrogen) atoms. The van der Waals surface area contributed by atoms with Gasteiger partial charge in [-0.2, -0.15) is 5.10 Å². The summed E-state index contributed by atoms with van der Waals surface area (Å²) < 4.78 is 32.7. The first kappa shape index (κ1) is 15.3. The van der Waals surface area contributed by atoms with Gasteiger partial charge in [-0.25, -0.2) is 12.7 Å². The lowest BCUT2D eigenvalue weighted by Gasteiger charge is -2.13. The number of rotatable bonds is 5. The van der Waals surface area contributed by atoms with Crippen molar-refractivity contribution in [1.29, 1.82) is 0 Å². The van der Waals surface area contributed by atoms with Gasteiger partial charge in [0.1, 0.15) is 0 Å². The van der Waals surface area contributed by atoms with Crippen molar-refractivity contribution in [3.63, 3.8) is 0 Å². The third-order valence-electron chi connectivity index (χ3n) is 2.92. The van der Waals surface area contributed by atoms with Gasteiger partial charge in [-0.1, -0.05) is 0 Å². The number of nitrogen functional groups attached to an aromatic ring is 1. The van der Waals surface area contributed by atoms with Crippen LogP contribution in [-0.2, 0) is 16.6 Å². The molecule has 0 bridgehead atoms. The fraction of sp³-hybridized carbons (Fsp3) is 0.308. The van der Waals surface area contributed by atoms with Gasteiger partial charge in [-0.3, -0.25) is 4.68 Å². The molecule has 0 radical (unpaired) electrons. The highest BCUT2D eigenvalue weighted by Gasteiger charge is 2.19. The Balaban J connectivity index is 2.36. The van der Waals surface area contributed by atoms with Crippen molar-refractivity contribution in [3.8, 4) is 11.5 Å². The van der Waals surface area contributed by atoms with Crippen LogP contribution in [0.1, 0.15) is 6.92 Å². The predicted octanol–water partition coefficient (Wildman–Crippen LogP) is 1.53. The summed E-state index contributed by atoms with van der Waals surface area (Å²) in [5.74, 6) is 0.788. The summed E-state index contributed by atoms with van der Waals surface area (Å²) in [7, 11) is -0.591. The van der Waals surface area contributed by atoms with Crippen LogP contribution in [0, 0.1) is 0 Å². The number of ether oxygens (including phenoxy) is 1. The van der Waals surface area contributed by atoms with E-state index in [2.05, 4.69) is 5.10 Å². The van der Waals surface area contributed by atoms with E-state index in [0.717, 1.165) is 4.31 Å². The minimum atomic E-state index is -3.53. The zero-order valence-corrected chi connectivity index (χ0v) is 13.0. The first-order valence-corrected chi connectivity index (χ1v) is 7.81. The maximum atomic E-state index is 12.1. The third-order valence-corrected chi connectivity index (χ3v) is 4.74. The molecule has 0 saturated carbocycles. The lowest BCUT2D eigenvalue weighted by Crippen LogP contribution is -2.22. The number of nitrogens with two attached hydrogens (primary N) is 1. The van der Waals surface area contributed by atoms with Gasteiger partial charge in [0.2, 0.25) is 10.0 Å². The molecule has 0 aliphatic heterocycles. The number of aromatic nitrogens is 2. The Labute approximate surface area is 124 Å². The average molecular weight is 310 g/mol. The van der Waals surface area contributed by atoms with Gasteiger partial charge in [-0.15, -0.1) is 0 Å². The third kappa shape index (κ3) is 3.17. The van der Waals surface area contributed by atoms with Gasteiger partial charge in [-0.05, 0) is 19.1 Å². The van der Waals surface area contributed by atoms with Crippen molar-refractivity contribution in [2.45, 2.75) is 18.4 Å². The van der Waals surface area contributed by atoms with E-state index >= 15 is 0 Å². The maximum absolute atomic E-state index is 12.1. The highest BCUT2D eigenvalue weighted by molar-refractivity contribution is 7.89. The van der Waals surface area contributed by atoms with Crippen LogP contribution in [0.15, 0.2) is 35.5 Å². The van der Waals surface area contributed by atoms with Crippen LogP contribution < -0.4 is 10.5 Å². The normalized spacial score (nSPS) is 11.8. The lowest BCUT2D eigenvalue weighted by molar-refractivity contribution is 0.480. The Morgan fingerprint density at radius 1 is 1.38 bits per heavy atom. The largest absolute Gasteiger partial charge is 0.452 e. The van der Waals surface area contributed by atoms with E-state index in [1.54, 1.807) is 17.1 Å². The molecule has 1 heterocycles. The predicted molar refractivity (Wildman–Crippen MR) is 79.7 cm³/mol. The first-order chi connectivity index (χ1) is 9.84. The zero-order chi connectivity index (χ0) is 15.6. The van der Waals surface area contributed by atoms with Crippen molar-refractivity contribution in [1.82, 2.24) is 14.1 Å². The number of hydrogen-bond acceptors (Lipinski definition) is 5. The average Bonchev–Trinajstić information content (AvgIpc) is 2.88. The van der Waals surface area contributed by atoms with E-state index in [4.69, 9.17) is 10.5 Å². The van der Waals surface area contributed by atoms with Gasteiger partial charge in [0.15, 0.2) is 11.5 Å². The highest BCUT2D eigenvalue weighted by atomic mass is 32.2. The number of anilines is 1. The van der Waals surface area contributed by atoms with E-state index in [1.807, 2.05) is 6.92 Å². The first-order valence-electron chi connectivity index (χ1n) is 6.37. The molecule has 1 aromatic heterocycles. The quantitative estimate of drug-likeness (QED) is 0.846. The number of aryl methyl sites for hydroxylation is 1. The van der Waals surface area contributed by atoms with E-state index in [-0.39, 0.29) is 10.6 Å². The molecule has 0 fully saturated rings. The van der Waals surface area contributed by atoms with Gasteiger partial charge < -0.3 is 10.5 Å². The summed E-state index contributed by atoms with van der Waals surface area (Å²) in [6.45, 7) is 2.67. The number of nitrogens with zero attached hydrogens (tertiary/aromatic N) is 3. The Morgan fingerprint density at radius 2 is 2.10 bits per heavy atom. The van der Waals surface area contributed by atoms with Crippen molar-refractivity contribution in [2.75, 3.05) is 19.8 Å². The molecular formula is C13H18N4O3S. The molecule has 2 aromatic rings. The molecule has 0 unspecified atom stereocenters. The Bertz CT molecular complexity index is 738. The van der Waals surface area contributed by atoms with Crippen molar-refractivity contribution < 1.29 is 13.2 Å². The van der Waals surface area contributed by atoms with Crippen LogP contribution >= 0.6 is 0 Å². The van der Waals surface area contributed by atoms with Gasteiger partial charge in [0.05, 0.1) is 23.0 Å². The summed E-state index contributed by atoms with van der Waals surface area (Å²) >= 11 is 0. The molecule has 1 aromatic carbocycles. The second kappa shape index (κ2) is 5.74. The van der Waals surface area contributed by atoms with E-state index in [1.165, 1.54) is 32.3 Å². The van der Waals surface area contributed by atoms with Crippen LogP contribution in [-0.4, -0.2) is 36.6 Å². The smallest absolute Gasteiger partial charge is 0.242 e. The standard InChI is InChI=1S/C13H18N4O3S/c1-4-17-9-10(8-15-17)20-13-7-11(5-6-12(13)14)21(18,19)16(2)3/h5-9H,4,14H2,1-3H3. The van der Waals surface area contributed by atoms with Gasteiger partial charge >= 0.3 is 0 Å². The molecule has 0 spiro atoms. The number of benzene rings is 1. The fourth-order valence-electron chi connectivity index (χ4n) is 1.67. The second-order valence-electron chi connectivity index (χ2n) is 4.62. The molecule has 0 aliphatic rings. The van der Waals surface area contributed by atoms with Crippen molar-refractivity contribution in [3.05, 3.63) is 30.6 Å². The summed E-state index contributed by atoms with van der Waals surface area (Å²) in [6.07, 6.45) is 3.27. The maximum Gasteiger partial charge on any atom is 0.242 e. The summed E-state index contributed by atoms with van der Waals surface area (Å²) in [5, 5.41) is 4.08. The van der Waals surface area contributed by atoms with Crippen molar-refractivity contribution >= 4 is 15.7 Å². The Morgan fingerprint density at radius 3 is 2.67 bits per heavy atom. The molecule has 114 valence electrons. The molecule has 2 rings (SSSR count). The summed E-state index contributed by atoms with van der Waals surface area (Å²) in [6, 6.07) is 4.37. The second-order valence-corrected chi connectivity index (χ2v) is 6.77. The summed E-state index contributed by atoms with van der Waals surface area (Å²) in [5.41, 5.74) is 6.19. The van der Waals surface area contributed by atoms with Gasteiger partial charge in [0.25, 0.3) is 0 Å². The molecule has 2 N–H and O–H groups in total. The topological polar surface area (TPSA) is 90.5 Å². The molecule has 8 heteroatoms. The minimum Gasteiger partial charge on any atom is -0.452 e. The molecule has 0 saturated heterocycles.